The number of nitro benzene ring substituents is 1. The number of ether oxygens (including phenoxy) is 1. The van der Waals surface area contributed by atoms with E-state index in [1.165, 1.54) is 42.0 Å². The maximum atomic E-state index is 14.0. The summed E-state index contributed by atoms with van der Waals surface area (Å²) in [7, 11) is -6.17. The van der Waals surface area contributed by atoms with E-state index in [9.17, 15) is 28.1 Å². The summed E-state index contributed by atoms with van der Waals surface area (Å²) < 4.78 is 40.5. The zero-order valence-corrected chi connectivity index (χ0v) is 41.4. The van der Waals surface area contributed by atoms with E-state index in [0.29, 0.717) is 54.5 Å². The number of anilines is 1. The van der Waals surface area contributed by atoms with E-state index in [-0.39, 0.29) is 34.2 Å². The number of hydrogen-bond acceptors (Lipinski definition) is 11. The number of nitrogens with one attached hydrogen (secondary N) is 2. The summed E-state index contributed by atoms with van der Waals surface area (Å²) in [4.78, 5) is 51.4. The lowest BCUT2D eigenvalue weighted by Gasteiger charge is -2.39. The smallest absolute Gasteiger partial charge is 0.273 e. The zero-order valence-electron chi connectivity index (χ0n) is 39.0. The fourth-order valence-electron chi connectivity index (χ4n) is 9.51. The van der Waals surface area contributed by atoms with Crippen molar-refractivity contribution in [3.8, 4) is 11.5 Å². The molecule has 18 heteroatoms. The van der Waals surface area contributed by atoms with Crippen molar-refractivity contribution in [1.82, 2.24) is 24.5 Å². The van der Waals surface area contributed by atoms with Gasteiger partial charge >= 0.3 is 0 Å². The third-order valence-electron chi connectivity index (χ3n) is 13.2. The summed E-state index contributed by atoms with van der Waals surface area (Å²) in [6.45, 7) is 14.1. The largest absolute Gasteiger partial charge is 0.455 e. The number of allylic oxidation sites excluding steroid dienone is 1. The number of amides is 2. The van der Waals surface area contributed by atoms with Gasteiger partial charge in [0, 0.05) is 111 Å². The minimum absolute atomic E-state index is 0.00709. The Morgan fingerprint density at radius 2 is 1.75 bits per heavy atom. The molecule has 2 aliphatic heterocycles. The summed E-state index contributed by atoms with van der Waals surface area (Å²) in [6.07, 6.45) is 6.78. The molecule has 2 amide bonds. The van der Waals surface area contributed by atoms with Crippen LogP contribution in [0.2, 0.25) is 5.02 Å². The number of piperazine rings is 1. The van der Waals surface area contributed by atoms with Gasteiger partial charge < -0.3 is 19.5 Å². The number of nitrogens with zero attached hydrogens (tertiary/aromatic N) is 6. The maximum absolute atomic E-state index is 14.0. The van der Waals surface area contributed by atoms with E-state index in [1.54, 1.807) is 30.5 Å². The Kier molecular flexibility index (Phi) is 14.5. The molecule has 1 atom stereocenters. The van der Waals surface area contributed by atoms with E-state index in [4.69, 9.17) is 16.3 Å². The first-order valence-corrected chi connectivity index (χ1v) is 26.9. The van der Waals surface area contributed by atoms with Gasteiger partial charge in [-0.2, -0.15) is 4.36 Å². The van der Waals surface area contributed by atoms with Crippen LogP contribution < -0.4 is 14.4 Å². The Balaban J connectivity index is 0.975. The number of benzene rings is 3. The first kappa shape index (κ1) is 48.9. The highest BCUT2D eigenvalue weighted by Crippen LogP contribution is 2.43. The first-order chi connectivity index (χ1) is 32.3. The lowest BCUT2D eigenvalue weighted by molar-refractivity contribution is -0.385. The van der Waals surface area contributed by atoms with Gasteiger partial charge in [0.05, 0.1) is 21.6 Å². The Morgan fingerprint density at radius 1 is 1.01 bits per heavy atom. The monoisotopic (exact) mass is 982 g/mol. The van der Waals surface area contributed by atoms with Gasteiger partial charge in [-0.15, -0.1) is 9.41 Å². The quantitative estimate of drug-likeness (QED) is 0.0617. The molecule has 0 unspecified atom stereocenters. The van der Waals surface area contributed by atoms with Gasteiger partial charge in [-0.05, 0) is 90.6 Å². The SMILES string of the molecule is C=S1(=NC(C)=O)CCN(C[C@H](C)Cc2ccc(S(=O)(=O)NC(=O)c3ccc(N4CCN(CC5=C(c6ccc(Cl)cc6)CC(C)(C)CC5)CC4)cc3Oc3cnc4[nH]ccc4c3)cc2[N+](=O)[O-])CC1. The van der Waals surface area contributed by atoms with Crippen LogP contribution in [-0.4, -0.2) is 115 Å². The molecule has 5 aromatic rings. The number of rotatable bonds is 14. The van der Waals surface area contributed by atoms with Crippen molar-refractivity contribution in [2.24, 2.45) is 15.7 Å². The van der Waals surface area contributed by atoms with Crippen molar-refractivity contribution >= 4 is 76.7 Å². The number of aromatic nitrogens is 2. The molecule has 2 N–H and O–H groups in total. The normalized spacial score (nSPS) is 18.3. The van der Waals surface area contributed by atoms with Gasteiger partial charge in [0.1, 0.15) is 17.1 Å². The Bertz CT molecular complexity index is 2990. The highest BCUT2D eigenvalue weighted by atomic mass is 35.5. The second kappa shape index (κ2) is 20.2. The zero-order chi connectivity index (χ0) is 48.4. The van der Waals surface area contributed by atoms with E-state index >= 15 is 0 Å². The second-order valence-electron chi connectivity index (χ2n) is 19.2. The summed E-state index contributed by atoms with van der Waals surface area (Å²) in [5.74, 6) is 4.93. The molecule has 68 heavy (non-hydrogen) atoms. The van der Waals surface area contributed by atoms with Crippen molar-refractivity contribution in [1.29, 1.82) is 0 Å². The molecule has 0 bridgehead atoms. The van der Waals surface area contributed by atoms with Gasteiger partial charge in [0.2, 0.25) is 5.91 Å². The lowest BCUT2D eigenvalue weighted by atomic mass is 9.72. The molecular weight excluding hydrogens is 924 g/mol. The van der Waals surface area contributed by atoms with E-state index in [2.05, 4.69) is 65.6 Å². The third kappa shape index (κ3) is 11.8. The molecule has 360 valence electrons. The number of pyridine rings is 1. The number of hydrogen-bond donors (Lipinski definition) is 2. The van der Waals surface area contributed by atoms with Crippen LogP contribution in [0.3, 0.4) is 0 Å². The van der Waals surface area contributed by atoms with E-state index in [0.717, 1.165) is 74.1 Å². The van der Waals surface area contributed by atoms with Gasteiger partial charge in [-0.1, -0.05) is 62.0 Å². The van der Waals surface area contributed by atoms with Crippen LogP contribution in [0.1, 0.15) is 68.4 Å². The molecule has 2 saturated heterocycles. The Labute approximate surface area is 403 Å². The van der Waals surface area contributed by atoms with Crippen molar-refractivity contribution in [2.75, 3.05) is 68.8 Å². The minimum atomic E-state index is -4.59. The highest BCUT2D eigenvalue weighted by molar-refractivity contribution is 8.02. The maximum Gasteiger partial charge on any atom is 0.273 e. The molecule has 0 spiro atoms. The van der Waals surface area contributed by atoms with Gasteiger partial charge in [0.25, 0.3) is 21.6 Å². The van der Waals surface area contributed by atoms with Gasteiger partial charge in [-0.3, -0.25) is 24.6 Å². The van der Waals surface area contributed by atoms with Gasteiger partial charge in [0.15, 0.2) is 0 Å². The van der Waals surface area contributed by atoms with Crippen molar-refractivity contribution in [3.63, 3.8) is 0 Å². The number of sulfonamides is 1. The highest BCUT2D eigenvalue weighted by Gasteiger charge is 2.31. The molecular formula is C50H59ClN8O7S2. The topological polar surface area (TPSA) is 183 Å². The van der Waals surface area contributed by atoms with Gasteiger partial charge in [-0.25, -0.2) is 18.1 Å². The molecule has 4 heterocycles. The van der Waals surface area contributed by atoms with Crippen LogP contribution in [0.25, 0.3) is 16.6 Å². The number of halogens is 1. The first-order valence-electron chi connectivity index (χ1n) is 22.9. The lowest BCUT2D eigenvalue weighted by Crippen LogP contribution is -2.47. The van der Waals surface area contributed by atoms with Crippen LogP contribution >= 0.6 is 11.6 Å². The Morgan fingerprint density at radius 3 is 2.46 bits per heavy atom. The average Bonchev–Trinajstić information content (AvgIpc) is 3.76. The minimum Gasteiger partial charge on any atom is -0.455 e. The number of aromatic amines is 1. The predicted octanol–water partition coefficient (Wildman–Crippen LogP) is 8.63. The van der Waals surface area contributed by atoms with Crippen LogP contribution in [0, 0.1) is 21.4 Å². The number of nitro groups is 1. The second-order valence-corrected chi connectivity index (χ2v) is 24.3. The molecule has 15 nitrogen and oxygen atoms in total. The molecule has 3 aromatic carbocycles. The van der Waals surface area contributed by atoms with Crippen molar-refractivity contribution in [3.05, 3.63) is 123 Å². The van der Waals surface area contributed by atoms with Crippen LogP contribution in [0.15, 0.2) is 100 Å². The molecule has 1 aliphatic carbocycles. The summed E-state index contributed by atoms with van der Waals surface area (Å²) >= 11 is 6.25. The number of carbonyl (C=O) groups is 2. The fourth-order valence-corrected chi connectivity index (χ4v) is 12.7. The number of fused-ring (bicyclic) bond motifs is 1. The summed E-state index contributed by atoms with van der Waals surface area (Å²) in [5, 5.41) is 13.9. The molecule has 0 radical (unpaired) electrons. The fraction of sp³-hybridized carbons (Fsp3) is 0.400. The molecule has 3 aliphatic rings. The van der Waals surface area contributed by atoms with Crippen LogP contribution in [0.5, 0.6) is 11.5 Å². The predicted molar refractivity (Wildman–Crippen MR) is 272 cm³/mol. The van der Waals surface area contributed by atoms with Crippen molar-refractivity contribution in [2.45, 2.75) is 58.3 Å². The molecule has 2 aromatic heterocycles. The van der Waals surface area contributed by atoms with Crippen molar-refractivity contribution < 1.29 is 27.7 Å². The average molecular weight is 984 g/mol. The van der Waals surface area contributed by atoms with E-state index < -0.39 is 35.2 Å². The van der Waals surface area contributed by atoms with Crippen LogP contribution in [-0.2, 0) is 30.7 Å². The number of carbonyl (C=O) groups excluding carboxylic acids is 2. The van der Waals surface area contributed by atoms with E-state index in [1.807, 2.05) is 25.1 Å². The summed E-state index contributed by atoms with van der Waals surface area (Å²) in [5.41, 5.74) is 5.75. The molecule has 8 rings (SSSR count). The Hall–Kier alpha value is -5.59. The number of H-pyrrole nitrogens is 1. The molecule has 0 saturated carbocycles. The molecule has 2 fully saturated rings. The standard InChI is InChI=1S/C50H59ClN8O7S2/c1-34(32-57-22-24-67(5,25-23-57)54-35(2)60)26-37-8-12-43(29-46(37)59(62)63)68(64,65)55-49(61)44-13-11-41(28-47(44)66-42-27-38-15-17-52-48(38)53-31-42)58-20-18-56(19-21-58)33-39-14-16-50(3,4)30-45(39)36-6-9-40(51)10-7-36/h6-13,15,17,27-29,31,34H,5,14,16,18-26,30,32-33H2,1-4H3,(H,52,53)(H,55,61)/t34-/m1/s1. The van der Waals surface area contributed by atoms with Crippen LogP contribution in [0.4, 0.5) is 11.4 Å². The summed E-state index contributed by atoms with van der Waals surface area (Å²) in [6, 6.07) is 20.6. The third-order valence-corrected chi connectivity index (χ3v) is 17.3.